The topological polar surface area (TPSA) is 82.6 Å². The van der Waals surface area contributed by atoms with E-state index in [4.69, 9.17) is 0 Å². The molecule has 4 rings (SSSR count). The fourth-order valence-electron chi connectivity index (χ4n) is 4.38. The molecule has 0 unspecified atom stereocenters. The number of nitrogens with one attached hydrogen (secondary N) is 1. The largest absolute Gasteiger partial charge is 0.417 e. The number of alkyl halides is 3. The van der Waals surface area contributed by atoms with Gasteiger partial charge in [-0.1, -0.05) is 0 Å². The number of nitrogens with zero attached hydrogens (tertiary/aromatic N) is 3. The van der Waals surface area contributed by atoms with Gasteiger partial charge in [0.25, 0.3) is 0 Å². The number of pyridine rings is 1. The Morgan fingerprint density at radius 1 is 1.06 bits per heavy atom. The van der Waals surface area contributed by atoms with Crippen molar-refractivity contribution in [3.8, 4) is 0 Å². The summed E-state index contributed by atoms with van der Waals surface area (Å²) in [6, 6.07) is 5.26. The number of anilines is 2. The SMILES string of the molecule is CS(=O)(=O)c1ccc(N[C@H]2CCN(C3CCN(c4ccc(C(F)(F)F)cn4)CC3)C2=O)c(F)c1. The molecule has 2 saturated heterocycles. The maximum absolute atomic E-state index is 14.4. The van der Waals surface area contributed by atoms with Gasteiger partial charge in [-0.15, -0.1) is 0 Å². The first-order chi connectivity index (χ1) is 15.9. The first-order valence-corrected chi connectivity index (χ1v) is 12.7. The van der Waals surface area contributed by atoms with Crippen LogP contribution in [0.25, 0.3) is 0 Å². The molecule has 1 atom stereocenters. The van der Waals surface area contributed by atoms with E-state index in [9.17, 15) is 30.8 Å². The Balaban J connectivity index is 1.34. The third kappa shape index (κ3) is 5.11. The first-order valence-electron chi connectivity index (χ1n) is 10.8. The first kappa shape index (κ1) is 24.2. The van der Waals surface area contributed by atoms with Crippen LogP contribution in [0, 0.1) is 5.82 Å². The van der Waals surface area contributed by atoms with Crippen LogP contribution >= 0.6 is 0 Å². The van der Waals surface area contributed by atoms with Crippen LogP contribution in [0.1, 0.15) is 24.8 Å². The summed E-state index contributed by atoms with van der Waals surface area (Å²) in [5.41, 5.74) is -0.731. The summed E-state index contributed by atoms with van der Waals surface area (Å²) in [6.07, 6.45) is -0.864. The third-order valence-electron chi connectivity index (χ3n) is 6.24. The molecule has 2 aliphatic heterocycles. The van der Waals surface area contributed by atoms with Crippen molar-refractivity contribution in [2.75, 3.05) is 36.1 Å². The van der Waals surface area contributed by atoms with E-state index >= 15 is 0 Å². The van der Waals surface area contributed by atoms with E-state index in [-0.39, 0.29) is 22.5 Å². The summed E-state index contributed by atoms with van der Waals surface area (Å²) in [6.45, 7) is 1.60. The highest BCUT2D eigenvalue weighted by atomic mass is 32.2. The lowest BCUT2D eigenvalue weighted by molar-refractivity contribution is -0.137. The second-order valence-corrected chi connectivity index (χ2v) is 10.6. The van der Waals surface area contributed by atoms with Crippen molar-refractivity contribution in [1.82, 2.24) is 9.88 Å². The Morgan fingerprint density at radius 2 is 1.76 bits per heavy atom. The van der Waals surface area contributed by atoms with Crippen LogP contribution in [0.2, 0.25) is 0 Å². The molecule has 3 heterocycles. The molecule has 2 aromatic rings. The Labute approximate surface area is 194 Å². The van der Waals surface area contributed by atoms with Gasteiger partial charge in [0.05, 0.1) is 16.1 Å². The molecule has 1 aromatic carbocycles. The number of rotatable bonds is 5. The van der Waals surface area contributed by atoms with Crippen molar-refractivity contribution in [1.29, 1.82) is 0 Å². The van der Waals surface area contributed by atoms with Gasteiger partial charge < -0.3 is 15.1 Å². The van der Waals surface area contributed by atoms with Crippen molar-refractivity contribution in [3.63, 3.8) is 0 Å². The molecule has 34 heavy (non-hydrogen) atoms. The molecule has 7 nitrogen and oxygen atoms in total. The van der Waals surface area contributed by atoms with Gasteiger partial charge in [0.2, 0.25) is 5.91 Å². The number of carbonyl (C=O) groups excluding carboxylic acids is 1. The number of piperidine rings is 1. The van der Waals surface area contributed by atoms with E-state index in [1.165, 1.54) is 18.2 Å². The minimum atomic E-state index is -4.43. The summed E-state index contributed by atoms with van der Waals surface area (Å²) < 4.78 is 75.8. The van der Waals surface area contributed by atoms with Crippen LogP contribution in [0.3, 0.4) is 0 Å². The third-order valence-corrected chi connectivity index (χ3v) is 7.35. The van der Waals surface area contributed by atoms with Crippen LogP contribution in [-0.4, -0.2) is 62.2 Å². The predicted molar refractivity (Wildman–Crippen MR) is 118 cm³/mol. The molecule has 0 saturated carbocycles. The smallest absolute Gasteiger partial charge is 0.371 e. The van der Waals surface area contributed by atoms with Crippen LogP contribution in [0.4, 0.5) is 29.1 Å². The van der Waals surface area contributed by atoms with Crippen molar-refractivity contribution in [2.45, 2.75) is 42.4 Å². The molecule has 1 aromatic heterocycles. The predicted octanol–water partition coefficient (Wildman–Crippen LogP) is 3.32. The highest BCUT2D eigenvalue weighted by molar-refractivity contribution is 7.90. The number of hydrogen-bond donors (Lipinski definition) is 1. The zero-order valence-corrected chi connectivity index (χ0v) is 19.2. The van der Waals surface area contributed by atoms with Gasteiger partial charge in [0.1, 0.15) is 17.7 Å². The molecular weight excluding hydrogens is 476 g/mol. The average molecular weight is 501 g/mol. The summed E-state index contributed by atoms with van der Waals surface area (Å²) >= 11 is 0. The van der Waals surface area contributed by atoms with Gasteiger partial charge in [-0.2, -0.15) is 13.2 Å². The lowest BCUT2D eigenvalue weighted by Crippen LogP contribution is -2.47. The minimum Gasteiger partial charge on any atom is -0.371 e. The van der Waals surface area contributed by atoms with Gasteiger partial charge in [-0.25, -0.2) is 17.8 Å². The molecule has 1 N–H and O–H groups in total. The number of benzene rings is 1. The van der Waals surface area contributed by atoms with Gasteiger partial charge in [0.15, 0.2) is 9.84 Å². The van der Waals surface area contributed by atoms with Crippen molar-refractivity contribution in [3.05, 3.63) is 47.9 Å². The minimum absolute atomic E-state index is 0.0255. The van der Waals surface area contributed by atoms with Crippen molar-refractivity contribution in [2.24, 2.45) is 0 Å². The van der Waals surface area contributed by atoms with Crippen LogP contribution in [-0.2, 0) is 20.8 Å². The average Bonchev–Trinajstić information content (AvgIpc) is 3.14. The maximum atomic E-state index is 14.4. The number of halogens is 4. The molecular formula is C22H24F4N4O3S. The lowest BCUT2D eigenvalue weighted by Gasteiger charge is -2.37. The maximum Gasteiger partial charge on any atom is 0.417 e. The summed E-state index contributed by atoms with van der Waals surface area (Å²) in [5.74, 6) is -0.434. The Morgan fingerprint density at radius 3 is 2.32 bits per heavy atom. The molecule has 0 bridgehead atoms. The normalized spacial score (nSPS) is 20.1. The van der Waals surface area contributed by atoms with E-state index in [0.29, 0.717) is 44.7 Å². The van der Waals surface area contributed by atoms with Gasteiger partial charge in [0, 0.05) is 38.1 Å². The quantitative estimate of drug-likeness (QED) is 0.635. The van der Waals surface area contributed by atoms with Crippen LogP contribution in [0.15, 0.2) is 41.4 Å². The number of aromatic nitrogens is 1. The molecule has 2 aliphatic rings. The monoisotopic (exact) mass is 500 g/mol. The number of amides is 1. The molecule has 0 radical (unpaired) electrons. The number of carbonyl (C=O) groups is 1. The molecule has 2 fully saturated rings. The van der Waals surface area contributed by atoms with E-state index in [0.717, 1.165) is 24.6 Å². The van der Waals surface area contributed by atoms with Crippen molar-refractivity contribution >= 4 is 27.2 Å². The summed E-state index contributed by atoms with van der Waals surface area (Å²) in [4.78, 5) is 20.4. The number of hydrogen-bond acceptors (Lipinski definition) is 6. The second kappa shape index (κ2) is 9.05. The fraction of sp³-hybridized carbons (Fsp3) is 0.455. The second-order valence-electron chi connectivity index (χ2n) is 8.55. The summed E-state index contributed by atoms with van der Waals surface area (Å²) in [5, 5.41) is 2.89. The van der Waals surface area contributed by atoms with E-state index in [2.05, 4.69) is 10.3 Å². The van der Waals surface area contributed by atoms with Crippen LogP contribution in [0.5, 0.6) is 0 Å². The lowest BCUT2D eigenvalue weighted by atomic mass is 10.0. The van der Waals surface area contributed by atoms with Gasteiger partial charge >= 0.3 is 6.18 Å². The highest BCUT2D eigenvalue weighted by Crippen LogP contribution is 2.31. The van der Waals surface area contributed by atoms with Crippen molar-refractivity contribution < 1.29 is 30.8 Å². The standard InChI is InChI=1S/C22H24F4N4O3S/c1-34(32,33)16-3-4-18(17(23)12-16)28-19-8-11-30(21(19)31)15-6-9-29(10-7-15)20-5-2-14(13-27-20)22(24,25)26/h2-5,12-13,15,19,28H,6-11H2,1H3/t19-/m0/s1. The Hall–Kier alpha value is -2.89. The van der Waals surface area contributed by atoms with Crippen LogP contribution < -0.4 is 10.2 Å². The Kier molecular flexibility index (Phi) is 6.45. The van der Waals surface area contributed by atoms with Gasteiger partial charge in [-0.05, 0) is 49.6 Å². The molecule has 0 spiro atoms. The Bertz CT molecular complexity index is 1160. The highest BCUT2D eigenvalue weighted by Gasteiger charge is 2.38. The zero-order valence-electron chi connectivity index (χ0n) is 18.3. The fourth-order valence-corrected chi connectivity index (χ4v) is 5.01. The zero-order chi connectivity index (χ0) is 24.7. The van der Waals surface area contributed by atoms with E-state index in [1.807, 2.05) is 4.90 Å². The molecule has 184 valence electrons. The van der Waals surface area contributed by atoms with E-state index < -0.39 is 33.4 Å². The molecule has 1 amide bonds. The van der Waals surface area contributed by atoms with Gasteiger partial charge in [-0.3, -0.25) is 4.79 Å². The molecule has 0 aliphatic carbocycles. The molecule has 12 heteroatoms. The number of sulfone groups is 1. The summed E-state index contributed by atoms with van der Waals surface area (Å²) in [7, 11) is -3.54. The van der Waals surface area contributed by atoms with E-state index in [1.54, 1.807) is 4.90 Å². The number of likely N-dealkylation sites (tertiary alicyclic amines) is 1.